The number of carbonyl (C=O) groups is 1. The molecule has 0 radical (unpaired) electrons. The number of benzene rings is 2. The number of hydrogen-bond donors (Lipinski definition) is 0. The van der Waals surface area contributed by atoms with Gasteiger partial charge in [-0.1, -0.05) is 27.3 Å². The van der Waals surface area contributed by atoms with Gasteiger partial charge < -0.3 is 9.64 Å². The average Bonchev–Trinajstić information content (AvgIpc) is 3.08. The fourth-order valence-electron chi connectivity index (χ4n) is 2.85. The zero-order valence-corrected chi connectivity index (χ0v) is 19.9. The summed E-state index contributed by atoms with van der Waals surface area (Å²) in [5.74, 6) is 0.725. The molecule has 3 aromatic rings. The van der Waals surface area contributed by atoms with Gasteiger partial charge >= 0.3 is 0 Å². The fourth-order valence-corrected chi connectivity index (χ4v) is 4.39. The molecule has 0 aliphatic heterocycles. The van der Waals surface area contributed by atoms with Crippen LogP contribution in [0.3, 0.4) is 0 Å². The third-order valence-electron chi connectivity index (χ3n) is 4.21. The number of nitrogens with zero attached hydrogens (tertiary/aromatic N) is 3. The Morgan fingerprint density at radius 1 is 1.14 bits per heavy atom. The Balaban J connectivity index is 0.00000300. The molecule has 0 unspecified atom stereocenters. The number of amides is 1. The average molecular weight is 499 g/mol. The number of carbonyl (C=O) groups excluding carboxylic acids is 1. The Kier molecular flexibility index (Phi) is 8.89. The van der Waals surface area contributed by atoms with Crippen LogP contribution in [0.15, 0.2) is 46.9 Å². The van der Waals surface area contributed by atoms with Gasteiger partial charge in [-0.15, -0.1) is 12.4 Å². The first-order valence-electron chi connectivity index (χ1n) is 9.23. The largest absolute Gasteiger partial charge is 0.494 e. The van der Waals surface area contributed by atoms with Gasteiger partial charge in [0.15, 0.2) is 5.13 Å². The van der Waals surface area contributed by atoms with Crippen LogP contribution in [0.5, 0.6) is 5.75 Å². The van der Waals surface area contributed by atoms with Crippen molar-refractivity contribution in [2.45, 2.75) is 13.3 Å². The predicted octanol–water partition coefficient (Wildman–Crippen LogP) is 5.48. The second kappa shape index (κ2) is 10.9. The molecule has 0 aliphatic rings. The predicted molar refractivity (Wildman–Crippen MR) is 127 cm³/mol. The van der Waals surface area contributed by atoms with Gasteiger partial charge in [-0.3, -0.25) is 9.69 Å². The highest BCUT2D eigenvalue weighted by atomic mass is 79.9. The first-order chi connectivity index (χ1) is 13.5. The van der Waals surface area contributed by atoms with E-state index in [0.29, 0.717) is 18.7 Å². The summed E-state index contributed by atoms with van der Waals surface area (Å²) in [4.78, 5) is 21.9. The van der Waals surface area contributed by atoms with Crippen molar-refractivity contribution in [1.29, 1.82) is 0 Å². The molecule has 0 atom stereocenters. The lowest BCUT2D eigenvalue weighted by Crippen LogP contribution is -2.33. The molecular formula is C21H25BrClN3O2S. The van der Waals surface area contributed by atoms with E-state index in [0.717, 1.165) is 38.5 Å². The maximum Gasteiger partial charge on any atom is 0.260 e. The van der Waals surface area contributed by atoms with E-state index in [-0.39, 0.29) is 18.3 Å². The molecular weight excluding hydrogens is 474 g/mol. The van der Waals surface area contributed by atoms with Crippen molar-refractivity contribution in [2.75, 3.05) is 38.7 Å². The molecule has 0 saturated heterocycles. The van der Waals surface area contributed by atoms with Crippen molar-refractivity contribution in [3.8, 4) is 5.75 Å². The Morgan fingerprint density at radius 2 is 1.86 bits per heavy atom. The van der Waals surface area contributed by atoms with Crippen LogP contribution in [0.25, 0.3) is 10.2 Å². The molecule has 5 nitrogen and oxygen atoms in total. The second-order valence-electron chi connectivity index (χ2n) is 6.68. The van der Waals surface area contributed by atoms with Gasteiger partial charge in [0, 0.05) is 16.6 Å². The minimum absolute atomic E-state index is 0. The highest BCUT2D eigenvalue weighted by Gasteiger charge is 2.21. The molecule has 8 heteroatoms. The topological polar surface area (TPSA) is 45.7 Å². The lowest BCUT2D eigenvalue weighted by molar-refractivity contribution is 0.0986. The zero-order valence-electron chi connectivity index (χ0n) is 16.7. The van der Waals surface area contributed by atoms with Crippen LogP contribution in [-0.4, -0.2) is 49.6 Å². The van der Waals surface area contributed by atoms with Crippen LogP contribution in [0, 0.1) is 0 Å². The number of halogens is 2. The maximum atomic E-state index is 13.3. The van der Waals surface area contributed by atoms with Crippen LogP contribution >= 0.6 is 39.7 Å². The van der Waals surface area contributed by atoms with E-state index in [1.807, 2.05) is 63.5 Å². The first kappa shape index (κ1) is 23.6. The number of fused-ring (bicyclic) bond motifs is 1. The Morgan fingerprint density at radius 3 is 2.52 bits per heavy atom. The van der Waals surface area contributed by atoms with E-state index >= 15 is 0 Å². The fraction of sp³-hybridized carbons (Fsp3) is 0.333. The molecule has 0 fully saturated rings. The summed E-state index contributed by atoms with van der Waals surface area (Å²) >= 11 is 5.04. The van der Waals surface area contributed by atoms with Crippen LogP contribution in [0.1, 0.15) is 23.7 Å². The molecule has 156 valence electrons. The standard InChI is InChI=1S/C21H24BrN3O2S.ClH/c1-4-27-17-9-6-15(7-10-17)20(26)25(13-5-12-24(2)3)21-23-18-11-8-16(22)14-19(18)28-21;/h6-11,14H,4-5,12-13H2,1-3H3;1H. The summed E-state index contributed by atoms with van der Waals surface area (Å²) in [6, 6.07) is 13.3. The van der Waals surface area contributed by atoms with Gasteiger partial charge in [0.2, 0.25) is 0 Å². The van der Waals surface area contributed by atoms with E-state index in [1.54, 1.807) is 4.90 Å². The smallest absolute Gasteiger partial charge is 0.260 e. The zero-order chi connectivity index (χ0) is 20.1. The summed E-state index contributed by atoms with van der Waals surface area (Å²) in [5.41, 5.74) is 1.54. The van der Waals surface area contributed by atoms with Crippen molar-refractivity contribution in [3.63, 3.8) is 0 Å². The van der Waals surface area contributed by atoms with Gasteiger partial charge in [0.25, 0.3) is 5.91 Å². The van der Waals surface area contributed by atoms with Gasteiger partial charge in [0.1, 0.15) is 5.75 Å². The highest BCUT2D eigenvalue weighted by Crippen LogP contribution is 2.32. The van der Waals surface area contributed by atoms with Crippen molar-refractivity contribution in [3.05, 3.63) is 52.5 Å². The number of rotatable bonds is 8. The van der Waals surface area contributed by atoms with E-state index in [2.05, 4.69) is 20.8 Å². The molecule has 2 aromatic carbocycles. The van der Waals surface area contributed by atoms with Gasteiger partial charge in [-0.25, -0.2) is 4.98 Å². The molecule has 1 amide bonds. The lowest BCUT2D eigenvalue weighted by Gasteiger charge is -2.21. The van der Waals surface area contributed by atoms with Crippen molar-refractivity contribution in [2.24, 2.45) is 0 Å². The monoisotopic (exact) mass is 497 g/mol. The van der Waals surface area contributed by atoms with E-state index in [4.69, 9.17) is 9.72 Å². The SMILES string of the molecule is CCOc1ccc(C(=O)N(CCCN(C)C)c2nc3ccc(Br)cc3s2)cc1.Cl. The number of aromatic nitrogens is 1. The summed E-state index contributed by atoms with van der Waals surface area (Å²) in [5, 5.41) is 0.728. The Labute approximate surface area is 190 Å². The van der Waals surface area contributed by atoms with Gasteiger partial charge in [-0.2, -0.15) is 0 Å². The third-order valence-corrected chi connectivity index (χ3v) is 5.75. The first-order valence-corrected chi connectivity index (χ1v) is 10.8. The van der Waals surface area contributed by atoms with Crippen LogP contribution in [0.4, 0.5) is 5.13 Å². The summed E-state index contributed by atoms with van der Waals surface area (Å²) in [6.45, 7) is 4.07. The maximum absolute atomic E-state index is 13.3. The van der Waals surface area contributed by atoms with E-state index in [9.17, 15) is 4.79 Å². The number of hydrogen-bond acceptors (Lipinski definition) is 5. The molecule has 3 rings (SSSR count). The second-order valence-corrected chi connectivity index (χ2v) is 8.60. The van der Waals surface area contributed by atoms with Gasteiger partial charge in [-0.05, 0) is 76.4 Å². The molecule has 0 spiro atoms. The van der Waals surface area contributed by atoms with Gasteiger partial charge in [0.05, 0.1) is 16.8 Å². The quantitative estimate of drug-likeness (QED) is 0.413. The number of anilines is 1. The lowest BCUT2D eigenvalue weighted by atomic mass is 10.2. The molecule has 0 saturated carbocycles. The summed E-state index contributed by atoms with van der Waals surface area (Å²) in [6.07, 6.45) is 0.870. The highest BCUT2D eigenvalue weighted by molar-refractivity contribution is 9.10. The summed E-state index contributed by atoms with van der Waals surface area (Å²) < 4.78 is 7.55. The number of ether oxygens (including phenoxy) is 1. The Bertz CT molecular complexity index is 947. The molecule has 1 heterocycles. The minimum Gasteiger partial charge on any atom is -0.494 e. The molecule has 29 heavy (non-hydrogen) atoms. The van der Waals surface area contributed by atoms with E-state index in [1.165, 1.54) is 11.3 Å². The number of thiazole rings is 1. The molecule has 0 bridgehead atoms. The molecule has 0 N–H and O–H groups in total. The van der Waals surface area contributed by atoms with Crippen LogP contribution < -0.4 is 9.64 Å². The molecule has 0 aliphatic carbocycles. The van der Waals surface area contributed by atoms with Crippen molar-refractivity contribution < 1.29 is 9.53 Å². The van der Waals surface area contributed by atoms with Crippen molar-refractivity contribution in [1.82, 2.24) is 9.88 Å². The third kappa shape index (κ3) is 6.15. The van der Waals surface area contributed by atoms with Crippen molar-refractivity contribution >= 4 is 60.9 Å². The van der Waals surface area contributed by atoms with E-state index < -0.39 is 0 Å². The summed E-state index contributed by atoms with van der Waals surface area (Å²) in [7, 11) is 4.07. The van der Waals surface area contributed by atoms with Crippen LogP contribution in [0.2, 0.25) is 0 Å². The Hall–Kier alpha value is -1.67. The minimum atomic E-state index is -0.0417. The normalized spacial score (nSPS) is 10.8. The molecule has 1 aromatic heterocycles. The van der Waals surface area contributed by atoms with Crippen LogP contribution in [-0.2, 0) is 0 Å².